The molecule has 0 aliphatic carbocycles. The lowest BCUT2D eigenvalue weighted by atomic mass is 10.2. The maximum absolute atomic E-state index is 12.7. The van der Waals surface area contributed by atoms with Crippen LogP contribution in [-0.4, -0.2) is 10.9 Å². The van der Waals surface area contributed by atoms with Gasteiger partial charge in [-0.15, -0.1) is 0 Å². The van der Waals surface area contributed by atoms with Crippen molar-refractivity contribution in [1.29, 1.82) is 0 Å². The number of carbonyl (C=O) groups is 1. The van der Waals surface area contributed by atoms with Crippen molar-refractivity contribution >= 4 is 11.6 Å². The van der Waals surface area contributed by atoms with Crippen LogP contribution in [0.3, 0.4) is 0 Å². The molecule has 0 spiro atoms. The number of aromatic nitrogens is 1. The van der Waals surface area contributed by atoms with Crippen LogP contribution in [0.5, 0.6) is 0 Å². The van der Waals surface area contributed by atoms with E-state index in [1.54, 1.807) is 0 Å². The molecule has 2 aromatic rings. The van der Waals surface area contributed by atoms with E-state index in [1.165, 1.54) is 30.5 Å². The highest BCUT2D eigenvalue weighted by Crippen LogP contribution is 2.14. The molecule has 1 aromatic carbocycles. The normalized spacial score (nSPS) is 12.2. The molecule has 1 amide bonds. The van der Waals surface area contributed by atoms with E-state index in [1.807, 2.05) is 6.92 Å². The minimum Gasteiger partial charge on any atom is -0.446 e. The zero-order valence-corrected chi connectivity index (χ0v) is 10.4. The molecule has 0 radical (unpaired) electrons. The van der Waals surface area contributed by atoms with Crippen LogP contribution in [0.4, 0.5) is 10.1 Å². The zero-order chi connectivity index (χ0) is 13.8. The van der Waals surface area contributed by atoms with Crippen LogP contribution in [0.1, 0.15) is 35.8 Å². The van der Waals surface area contributed by atoms with E-state index in [0.29, 0.717) is 18.0 Å². The minimum atomic E-state index is -0.426. The van der Waals surface area contributed by atoms with Gasteiger partial charge in [0.2, 0.25) is 5.89 Å². The SMILES string of the molecule is CCC(N)c1nc(C(=O)Nc2ccc(F)cc2)co1. The van der Waals surface area contributed by atoms with E-state index in [4.69, 9.17) is 10.2 Å². The lowest BCUT2D eigenvalue weighted by Gasteiger charge is -2.02. The number of rotatable bonds is 4. The van der Waals surface area contributed by atoms with Gasteiger partial charge in [-0.05, 0) is 30.7 Å². The molecule has 0 fully saturated rings. The number of nitrogens with one attached hydrogen (secondary N) is 1. The first-order valence-electron chi connectivity index (χ1n) is 5.88. The Hall–Kier alpha value is -2.21. The smallest absolute Gasteiger partial charge is 0.277 e. The number of oxazole rings is 1. The number of hydrogen-bond donors (Lipinski definition) is 2. The number of hydrogen-bond acceptors (Lipinski definition) is 4. The highest BCUT2D eigenvalue weighted by Gasteiger charge is 2.15. The molecule has 5 nitrogen and oxygen atoms in total. The van der Waals surface area contributed by atoms with E-state index in [-0.39, 0.29) is 17.6 Å². The molecule has 1 heterocycles. The summed E-state index contributed by atoms with van der Waals surface area (Å²) in [5, 5.41) is 2.59. The second-order valence-corrected chi connectivity index (χ2v) is 4.05. The molecule has 0 saturated carbocycles. The second kappa shape index (κ2) is 5.62. The third kappa shape index (κ3) is 3.17. The third-order valence-corrected chi connectivity index (χ3v) is 2.61. The van der Waals surface area contributed by atoms with Crippen molar-refractivity contribution in [2.24, 2.45) is 5.73 Å². The average Bonchev–Trinajstić information content (AvgIpc) is 2.90. The molecule has 0 saturated heterocycles. The van der Waals surface area contributed by atoms with Gasteiger partial charge >= 0.3 is 0 Å². The fraction of sp³-hybridized carbons (Fsp3) is 0.231. The van der Waals surface area contributed by atoms with Crippen LogP contribution >= 0.6 is 0 Å². The van der Waals surface area contributed by atoms with Crippen LogP contribution < -0.4 is 11.1 Å². The number of carbonyl (C=O) groups excluding carboxylic acids is 1. The maximum atomic E-state index is 12.7. The quantitative estimate of drug-likeness (QED) is 0.887. The van der Waals surface area contributed by atoms with Crippen molar-refractivity contribution < 1.29 is 13.6 Å². The summed E-state index contributed by atoms with van der Waals surface area (Å²) in [7, 11) is 0. The lowest BCUT2D eigenvalue weighted by molar-refractivity contribution is 0.102. The van der Waals surface area contributed by atoms with Gasteiger partial charge in [0.1, 0.15) is 12.1 Å². The molecule has 0 aliphatic heterocycles. The Morgan fingerprint density at radius 1 is 1.47 bits per heavy atom. The first-order chi connectivity index (χ1) is 9.10. The molecule has 2 rings (SSSR count). The topological polar surface area (TPSA) is 81.1 Å². The summed E-state index contributed by atoms with van der Waals surface area (Å²) in [6, 6.07) is 5.12. The molecular formula is C13H14FN3O2. The van der Waals surface area contributed by atoms with E-state index in [2.05, 4.69) is 10.3 Å². The van der Waals surface area contributed by atoms with Gasteiger partial charge < -0.3 is 15.5 Å². The summed E-state index contributed by atoms with van der Waals surface area (Å²) in [6.07, 6.45) is 1.92. The van der Waals surface area contributed by atoms with E-state index in [9.17, 15) is 9.18 Å². The Balaban J connectivity index is 2.07. The molecular weight excluding hydrogens is 249 g/mol. The Kier molecular flexibility index (Phi) is 3.91. The Bertz CT molecular complexity index is 566. The zero-order valence-electron chi connectivity index (χ0n) is 10.4. The summed E-state index contributed by atoms with van der Waals surface area (Å²) in [5.74, 6) is -0.465. The number of halogens is 1. The van der Waals surface area contributed by atoms with Crippen LogP contribution in [-0.2, 0) is 0 Å². The molecule has 3 N–H and O–H groups in total. The largest absolute Gasteiger partial charge is 0.446 e. The van der Waals surface area contributed by atoms with Gasteiger partial charge in [0.25, 0.3) is 5.91 Å². The van der Waals surface area contributed by atoms with Gasteiger partial charge in [0, 0.05) is 5.69 Å². The summed E-state index contributed by atoms with van der Waals surface area (Å²) in [5.41, 5.74) is 6.37. The summed E-state index contributed by atoms with van der Waals surface area (Å²) in [4.78, 5) is 15.9. The number of nitrogens with zero attached hydrogens (tertiary/aromatic N) is 1. The Labute approximate surface area is 109 Å². The number of benzene rings is 1. The Morgan fingerprint density at radius 2 is 2.16 bits per heavy atom. The van der Waals surface area contributed by atoms with Gasteiger partial charge in [-0.25, -0.2) is 9.37 Å². The van der Waals surface area contributed by atoms with Gasteiger partial charge in [0.05, 0.1) is 6.04 Å². The van der Waals surface area contributed by atoms with Crippen LogP contribution in [0.15, 0.2) is 34.9 Å². The van der Waals surface area contributed by atoms with Crippen molar-refractivity contribution in [2.75, 3.05) is 5.32 Å². The maximum Gasteiger partial charge on any atom is 0.277 e. The number of anilines is 1. The fourth-order valence-electron chi connectivity index (χ4n) is 1.47. The van der Waals surface area contributed by atoms with Gasteiger partial charge in [-0.3, -0.25) is 4.79 Å². The second-order valence-electron chi connectivity index (χ2n) is 4.05. The van der Waals surface area contributed by atoms with Crippen molar-refractivity contribution in [3.05, 3.63) is 47.9 Å². The molecule has 1 unspecified atom stereocenters. The highest BCUT2D eigenvalue weighted by molar-refractivity contribution is 6.02. The minimum absolute atomic E-state index is 0.142. The molecule has 0 bridgehead atoms. The average molecular weight is 263 g/mol. The third-order valence-electron chi connectivity index (χ3n) is 2.61. The summed E-state index contributed by atoms with van der Waals surface area (Å²) >= 11 is 0. The predicted octanol–water partition coefficient (Wildman–Crippen LogP) is 2.48. The number of nitrogens with two attached hydrogens (primary N) is 1. The molecule has 0 aliphatic rings. The van der Waals surface area contributed by atoms with E-state index in [0.717, 1.165) is 0 Å². The first kappa shape index (κ1) is 13.2. The predicted molar refractivity (Wildman–Crippen MR) is 68.1 cm³/mol. The number of amides is 1. The summed E-state index contributed by atoms with van der Waals surface area (Å²) in [6.45, 7) is 1.90. The fourth-order valence-corrected chi connectivity index (χ4v) is 1.47. The van der Waals surface area contributed by atoms with Gasteiger partial charge in [-0.1, -0.05) is 6.92 Å². The van der Waals surface area contributed by atoms with E-state index < -0.39 is 5.91 Å². The first-order valence-corrected chi connectivity index (χ1v) is 5.88. The van der Waals surface area contributed by atoms with E-state index >= 15 is 0 Å². The van der Waals surface area contributed by atoms with Gasteiger partial charge in [-0.2, -0.15) is 0 Å². The van der Waals surface area contributed by atoms with Crippen molar-refractivity contribution in [3.63, 3.8) is 0 Å². The monoisotopic (exact) mass is 263 g/mol. The highest BCUT2D eigenvalue weighted by atomic mass is 19.1. The molecule has 100 valence electrons. The van der Waals surface area contributed by atoms with Crippen molar-refractivity contribution in [3.8, 4) is 0 Å². The lowest BCUT2D eigenvalue weighted by Crippen LogP contribution is -2.14. The Morgan fingerprint density at radius 3 is 2.79 bits per heavy atom. The van der Waals surface area contributed by atoms with Crippen molar-refractivity contribution in [2.45, 2.75) is 19.4 Å². The van der Waals surface area contributed by atoms with Crippen molar-refractivity contribution in [1.82, 2.24) is 4.98 Å². The van der Waals surface area contributed by atoms with Crippen LogP contribution in [0.2, 0.25) is 0 Å². The van der Waals surface area contributed by atoms with Gasteiger partial charge in [0.15, 0.2) is 5.69 Å². The molecule has 19 heavy (non-hydrogen) atoms. The molecule has 1 aromatic heterocycles. The standard InChI is InChI=1S/C13H14FN3O2/c1-2-10(15)13-17-11(7-19-13)12(18)16-9-5-3-8(14)4-6-9/h3-7,10H,2,15H2,1H3,(H,16,18). The summed E-state index contributed by atoms with van der Waals surface area (Å²) < 4.78 is 17.9. The molecule has 6 heteroatoms. The van der Waals surface area contributed by atoms with Crippen LogP contribution in [0.25, 0.3) is 0 Å². The molecule has 1 atom stereocenters. The van der Waals surface area contributed by atoms with Crippen LogP contribution in [0, 0.1) is 5.82 Å².